The van der Waals surface area contributed by atoms with Gasteiger partial charge in [0.1, 0.15) is 6.04 Å². The Kier molecular flexibility index (Phi) is 5.66. The van der Waals surface area contributed by atoms with E-state index in [-0.39, 0.29) is 12.7 Å². The van der Waals surface area contributed by atoms with Crippen molar-refractivity contribution in [1.82, 2.24) is 0 Å². The molecule has 0 aromatic carbocycles. The van der Waals surface area contributed by atoms with E-state index in [9.17, 15) is 4.79 Å². The molecule has 0 aliphatic carbocycles. The van der Waals surface area contributed by atoms with Gasteiger partial charge in [-0.2, -0.15) is 0 Å². The van der Waals surface area contributed by atoms with E-state index in [4.69, 9.17) is 16.2 Å². The molecule has 0 saturated carbocycles. The Morgan fingerprint density at radius 2 is 1.92 bits per heavy atom. The maximum atomic E-state index is 10.6. The van der Waals surface area contributed by atoms with E-state index in [0.29, 0.717) is 5.92 Å². The molecular formula is C9H20N2O2. The van der Waals surface area contributed by atoms with Crippen molar-refractivity contribution < 1.29 is 9.53 Å². The Morgan fingerprint density at radius 1 is 1.38 bits per heavy atom. The standard InChI is InChI=1S/C9H20N2O2/c1-6(2)4-7(3)13-5-8(10)9(11)12/h6-8H,4-5,10H2,1-3H3,(H2,11,12). The lowest BCUT2D eigenvalue weighted by Gasteiger charge is -2.16. The highest BCUT2D eigenvalue weighted by molar-refractivity contribution is 5.79. The maximum absolute atomic E-state index is 10.6. The molecule has 0 spiro atoms. The second-order valence-electron chi connectivity index (χ2n) is 3.78. The molecule has 0 fully saturated rings. The second-order valence-corrected chi connectivity index (χ2v) is 3.78. The van der Waals surface area contributed by atoms with E-state index < -0.39 is 11.9 Å². The van der Waals surface area contributed by atoms with Crippen molar-refractivity contribution in [3.8, 4) is 0 Å². The van der Waals surface area contributed by atoms with E-state index >= 15 is 0 Å². The fourth-order valence-electron chi connectivity index (χ4n) is 1.08. The first-order chi connectivity index (χ1) is 5.93. The first-order valence-electron chi connectivity index (χ1n) is 4.60. The minimum atomic E-state index is -0.686. The highest BCUT2D eigenvalue weighted by Crippen LogP contribution is 2.07. The number of carbonyl (C=O) groups excluding carboxylic acids is 1. The summed E-state index contributed by atoms with van der Waals surface area (Å²) in [6.45, 7) is 6.42. The summed E-state index contributed by atoms with van der Waals surface area (Å²) in [5.74, 6) is 0.0662. The molecule has 0 aliphatic heterocycles. The van der Waals surface area contributed by atoms with Crippen molar-refractivity contribution >= 4 is 5.91 Å². The SMILES string of the molecule is CC(C)CC(C)OCC(N)C(N)=O. The average molecular weight is 188 g/mol. The first-order valence-corrected chi connectivity index (χ1v) is 4.60. The highest BCUT2D eigenvalue weighted by atomic mass is 16.5. The van der Waals surface area contributed by atoms with E-state index in [1.165, 1.54) is 0 Å². The molecule has 0 aliphatic rings. The van der Waals surface area contributed by atoms with E-state index in [0.717, 1.165) is 6.42 Å². The Morgan fingerprint density at radius 3 is 2.31 bits per heavy atom. The predicted molar refractivity (Wildman–Crippen MR) is 52.0 cm³/mol. The highest BCUT2D eigenvalue weighted by Gasteiger charge is 2.12. The van der Waals surface area contributed by atoms with Crippen LogP contribution in [-0.4, -0.2) is 24.7 Å². The number of hydrogen-bond donors (Lipinski definition) is 2. The van der Waals surface area contributed by atoms with Gasteiger partial charge in [0.05, 0.1) is 12.7 Å². The predicted octanol–water partition coefficient (Wildman–Crippen LogP) is 0.250. The normalized spacial score (nSPS) is 15.8. The molecule has 0 saturated heterocycles. The molecule has 4 heteroatoms. The topological polar surface area (TPSA) is 78.3 Å². The molecule has 2 atom stereocenters. The molecule has 4 N–H and O–H groups in total. The second kappa shape index (κ2) is 5.94. The lowest BCUT2D eigenvalue weighted by atomic mass is 10.1. The molecular weight excluding hydrogens is 168 g/mol. The number of rotatable bonds is 6. The van der Waals surface area contributed by atoms with E-state index in [1.54, 1.807) is 0 Å². The summed E-state index contributed by atoms with van der Waals surface area (Å²) in [6.07, 6.45) is 1.09. The third kappa shape index (κ3) is 6.54. The molecule has 78 valence electrons. The van der Waals surface area contributed by atoms with Crippen molar-refractivity contribution in [2.24, 2.45) is 17.4 Å². The summed E-state index contributed by atoms with van der Waals surface area (Å²) < 4.78 is 5.35. The minimum absolute atomic E-state index is 0.130. The van der Waals surface area contributed by atoms with Crippen molar-refractivity contribution in [3.63, 3.8) is 0 Å². The van der Waals surface area contributed by atoms with Gasteiger partial charge in [-0.3, -0.25) is 4.79 Å². The quantitative estimate of drug-likeness (QED) is 0.627. The zero-order chi connectivity index (χ0) is 10.4. The van der Waals surface area contributed by atoms with E-state index in [1.807, 2.05) is 6.92 Å². The molecule has 0 radical (unpaired) electrons. The fraction of sp³-hybridized carbons (Fsp3) is 0.889. The molecule has 1 amide bonds. The Hall–Kier alpha value is -0.610. The van der Waals surface area contributed by atoms with Crippen LogP contribution in [0.25, 0.3) is 0 Å². The number of amides is 1. The van der Waals surface area contributed by atoms with Crippen LogP contribution in [0.1, 0.15) is 27.2 Å². The number of hydrogen-bond acceptors (Lipinski definition) is 3. The summed E-state index contributed by atoms with van der Waals surface area (Å²) in [5.41, 5.74) is 10.4. The fourth-order valence-corrected chi connectivity index (χ4v) is 1.08. The lowest BCUT2D eigenvalue weighted by Crippen LogP contribution is -2.41. The van der Waals surface area contributed by atoms with Crippen LogP contribution < -0.4 is 11.5 Å². The van der Waals surface area contributed by atoms with Crippen LogP contribution in [0.5, 0.6) is 0 Å². The van der Waals surface area contributed by atoms with Crippen LogP contribution in [0.3, 0.4) is 0 Å². The van der Waals surface area contributed by atoms with Gasteiger partial charge in [0, 0.05) is 0 Å². The molecule has 4 nitrogen and oxygen atoms in total. The van der Waals surface area contributed by atoms with Crippen molar-refractivity contribution in [1.29, 1.82) is 0 Å². The van der Waals surface area contributed by atoms with Crippen LogP contribution in [0.2, 0.25) is 0 Å². The minimum Gasteiger partial charge on any atom is -0.376 e. The maximum Gasteiger partial charge on any atom is 0.236 e. The van der Waals surface area contributed by atoms with E-state index in [2.05, 4.69) is 13.8 Å². The van der Waals surface area contributed by atoms with Gasteiger partial charge in [0.25, 0.3) is 0 Å². The first kappa shape index (κ1) is 12.4. The van der Waals surface area contributed by atoms with Gasteiger partial charge in [0.2, 0.25) is 5.91 Å². The van der Waals surface area contributed by atoms with Gasteiger partial charge in [-0.05, 0) is 19.3 Å². The summed E-state index contributed by atoms with van der Waals surface area (Å²) in [5, 5.41) is 0. The van der Waals surface area contributed by atoms with Gasteiger partial charge in [-0.15, -0.1) is 0 Å². The monoisotopic (exact) mass is 188 g/mol. The summed E-state index contributed by atoms with van der Waals surface area (Å²) in [7, 11) is 0. The molecule has 0 bridgehead atoms. The Labute approximate surface area is 79.6 Å². The lowest BCUT2D eigenvalue weighted by molar-refractivity contribution is -0.121. The zero-order valence-corrected chi connectivity index (χ0v) is 8.62. The van der Waals surface area contributed by atoms with Gasteiger partial charge in [0.15, 0.2) is 0 Å². The van der Waals surface area contributed by atoms with Gasteiger partial charge >= 0.3 is 0 Å². The molecule has 0 aromatic heterocycles. The van der Waals surface area contributed by atoms with Crippen LogP contribution in [0.4, 0.5) is 0 Å². The molecule has 0 aromatic rings. The zero-order valence-electron chi connectivity index (χ0n) is 8.62. The van der Waals surface area contributed by atoms with Crippen LogP contribution in [0, 0.1) is 5.92 Å². The molecule has 0 heterocycles. The number of primary amides is 1. The summed E-state index contributed by atoms with van der Waals surface area (Å²) in [6, 6.07) is -0.686. The number of nitrogens with two attached hydrogens (primary N) is 2. The third-order valence-electron chi connectivity index (χ3n) is 1.73. The smallest absolute Gasteiger partial charge is 0.236 e. The molecule has 13 heavy (non-hydrogen) atoms. The number of carbonyl (C=O) groups is 1. The largest absolute Gasteiger partial charge is 0.376 e. The van der Waals surface area contributed by atoms with Gasteiger partial charge in [-0.1, -0.05) is 13.8 Å². The van der Waals surface area contributed by atoms with Crippen LogP contribution in [0.15, 0.2) is 0 Å². The summed E-state index contributed by atoms with van der Waals surface area (Å²) >= 11 is 0. The van der Waals surface area contributed by atoms with Crippen molar-refractivity contribution in [3.05, 3.63) is 0 Å². The van der Waals surface area contributed by atoms with Gasteiger partial charge in [-0.25, -0.2) is 0 Å². The van der Waals surface area contributed by atoms with Crippen LogP contribution in [-0.2, 0) is 9.53 Å². The average Bonchev–Trinajstić information content (AvgIpc) is 1.98. The van der Waals surface area contributed by atoms with Crippen LogP contribution >= 0.6 is 0 Å². The van der Waals surface area contributed by atoms with Crippen molar-refractivity contribution in [2.45, 2.75) is 39.3 Å². The Balaban J connectivity index is 3.57. The molecule has 0 rings (SSSR count). The van der Waals surface area contributed by atoms with Crippen molar-refractivity contribution in [2.75, 3.05) is 6.61 Å². The Bertz CT molecular complexity index is 160. The summed E-state index contributed by atoms with van der Waals surface area (Å²) in [4.78, 5) is 10.6. The third-order valence-corrected chi connectivity index (χ3v) is 1.73. The molecule has 2 unspecified atom stereocenters. The number of ether oxygens (including phenoxy) is 1. The van der Waals surface area contributed by atoms with Gasteiger partial charge < -0.3 is 16.2 Å².